The summed E-state index contributed by atoms with van der Waals surface area (Å²) in [6, 6.07) is 20.6. The first kappa shape index (κ1) is 15.3. The zero-order chi connectivity index (χ0) is 17.2. The van der Waals surface area contributed by atoms with Gasteiger partial charge in [0.05, 0.1) is 6.04 Å². The fraction of sp³-hybridized carbons (Fsp3) is 0.158. The zero-order valence-electron chi connectivity index (χ0n) is 14.1. The van der Waals surface area contributed by atoms with Crippen molar-refractivity contribution in [2.24, 2.45) is 0 Å². The normalized spacial score (nSPS) is 12.2. The van der Waals surface area contributed by atoms with Crippen molar-refractivity contribution in [2.75, 3.05) is 5.32 Å². The lowest BCUT2D eigenvalue weighted by molar-refractivity contribution is 0.730. The Hall–Kier alpha value is -3.28. The number of nitrogens with zero attached hydrogens (tertiary/aromatic N) is 5. The fourth-order valence-corrected chi connectivity index (χ4v) is 2.82. The summed E-state index contributed by atoms with van der Waals surface area (Å²) in [5, 5.41) is 19.3. The molecule has 0 aliphatic carbocycles. The summed E-state index contributed by atoms with van der Waals surface area (Å²) in [6.45, 7) is 4.25. The van der Waals surface area contributed by atoms with Crippen LogP contribution in [0.25, 0.3) is 5.65 Å². The monoisotopic (exact) mass is 330 g/mol. The summed E-state index contributed by atoms with van der Waals surface area (Å²) >= 11 is 0. The average molecular weight is 330 g/mol. The van der Waals surface area contributed by atoms with E-state index in [4.69, 9.17) is 0 Å². The van der Waals surface area contributed by atoms with Crippen LogP contribution in [0.4, 0.5) is 5.82 Å². The zero-order valence-corrected chi connectivity index (χ0v) is 14.1. The third kappa shape index (κ3) is 3.06. The highest BCUT2D eigenvalue weighted by atomic mass is 15.6. The highest BCUT2D eigenvalue weighted by molar-refractivity contribution is 5.48. The van der Waals surface area contributed by atoms with Crippen molar-refractivity contribution >= 4 is 11.5 Å². The molecular weight excluding hydrogens is 312 g/mol. The number of aromatic nitrogens is 5. The maximum Gasteiger partial charge on any atom is 0.200 e. The minimum absolute atomic E-state index is 0.0121. The van der Waals surface area contributed by atoms with Crippen molar-refractivity contribution in [1.82, 2.24) is 25.3 Å². The Morgan fingerprint density at radius 1 is 0.880 bits per heavy atom. The Balaban J connectivity index is 1.75. The maximum absolute atomic E-state index is 4.44. The quantitative estimate of drug-likeness (QED) is 0.621. The second-order valence-corrected chi connectivity index (χ2v) is 6.08. The minimum Gasteiger partial charge on any atom is -0.358 e. The van der Waals surface area contributed by atoms with E-state index in [1.54, 1.807) is 0 Å². The third-order valence-electron chi connectivity index (χ3n) is 4.36. The van der Waals surface area contributed by atoms with Gasteiger partial charge in [0, 0.05) is 0 Å². The van der Waals surface area contributed by atoms with Crippen molar-refractivity contribution in [1.29, 1.82) is 0 Å². The summed E-state index contributed by atoms with van der Waals surface area (Å²) in [6.07, 6.45) is 0. The van der Waals surface area contributed by atoms with E-state index in [1.807, 2.05) is 30.3 Å². The molecule has 0 saturated carbocycles. The van der Waals surface area contributed by atoms with E-state index in [2.05, 4.69) is 70.1 Å². The molecular formula is C19H18N6. The van der Waals surface area contributed by atoms with Gasteiger partial charge < -0.3 is 5.32 Å². The number of benzene rings is 2. The predicted octanol–water partition coefficient (Wildman–Crippen LogP) is 3.34. The van der Waals surface area contributed by atoms with Gasteiger partial charge in [0.1, 0.15) is 5.82 Å². The molecule has 0 fully saturated rings. The maximum atomic E-state index is 4.44. The molecule has 0 amide bonds. The lowest BCUT2D eigenvalue weighted by Crippen LogP contribution is -2.14. The highest BCUT2D eigenvalue weighted by Gasteiger charge is 2.15. The van der Waals surface area contributed by atoms with E-state index in [-0.39, 0.29) is 6.04 Å². The van der Waals surface area contributed by atoms with Crippen molar-refractivity contribution in [3.63, 3.8) is 0 Å². The van der Waals surface area contributed by atoms with Gasteiger partial charge in [-0.05, 0) is 58.7 Å². The number of rotatable bonds is 4. The molecule has 2 aromatic heterocycles. The van der Waals surface area contributed by atoms with Gasteiger partial charge in [0.25, 0.3) is 0 Å². The highest BCUT2D eigenvalue weighted by Crippen LogP contribution is 2.27. The first-order valence-electron chi connectivity index (χ1n) is 8.15. The van der Waals surface area contributed by atoms with Gasteiger partial charge in [-0.3, -0.25) is 0 Å². The summed E-state index contributed by atoms with van der Waals surface area (Å²) < 4.78 is 1.42. The van der Waals surface area contributed by atoms with Crippen LogP contribution in [0, 0.1) is 13.8 Å². The molecule has 0 aliphatic heterocycles. The van der Waals surface area contributed by atoms with Crippen LogP contribution < -0.4 is 5.32 Å². The van der Waals surface area contributed by atoms with Gasteiger partial charge in [-0.1, -0.05) is 48.5 Å². The molecule has 2 aromatic carbocycles. The Labute approximate surface area is 145 Å². The van der Waals surface area contributed by atoms with Gasteiger partial charge >= 0.3 is 0 Å². The van der Waals surface area contributed by atoms with Crippen LogP contribution >= 0.6 is 0 Å². The van der Waals surface area contributed by atoms with E-state index in [1.165, 1.54) is 26.9 Å². The van der Waals surface area contributed by atoms with Crippen molar-refractivity contribution < 1.29 is 0 Å². The molecule has 124 valence electrons. The SMILES string of the molecule is Cc1ccc([C@H](Nc2ccc3nnnn3n2)c2ccccc2)cc1C. The largest absolute Gasteiger partial charge is 0.358 e. The Morgan fingerprint density at radius 3 is 2.52 bits per heavy atom. The van der Waals surface area contributed by atoms with E-state index < -0.39 is 0 Å². The molecule has 1 N–H and O–H groups in total. The number of nitrogens with one attached hydrogen (secondary N) is 1. The number of anilines is 1. The molecule has 1 atom stereocenters. The second kappa shape index (κ2) is 6.32. The summed E-state index contributed by atoms with van der Waals surface area (Å²) in [4.78, 5) is 0. The van der Waals surface area contributed by atoms with E-state index in [0.29, 0.717) is 11.5 Å². The van der Waals surface area contributed by atoms with Gasteiger partial charge in [0.2, 0.25) is 0 Å². The second-order valence-electron chi connectivity index (χ2n) is 6.08. The van der Waals surface area contributed by atoms with E-state index in [9.17, 15) is 0 Å². The molecule has 4 rings (SSSR count). The van der Waals surface area contributed by atoms with Crippen molar-refractivity contribution in [3.05, 3.63) is 82.9 Å². The number of tetrazole rings is 1. The Morgan fingerprint density at radius 2 is 1.72 bits per heavy atom. The molecule has 6 heteroatoms. The van der Waals surface area contributed by atoms with Gasteiger partial charge in [-0.2, -0.15) is 0 Å². The molecule has 0 saturated heterocycles. The predicted molar refractivity (Wildman–Crippen MR) is 96.4 cm³/mol. The average Bonchev–Trinajstić information content (AvgIpc) is 3.11. The molecule has 0 spiro atoms. The standard InChI is InChI=1S/C19H18N6/c1-13-8-9-16(12-14(13)2)19(15-6-4-3-5-7-15)20-17-10-11-18-21-23-24-25(18)22-17/h3-12,19H,1-2H3,(H,20,22)/t19-/m1/s1. The lowest BCUT2D eigenvalue weighted by Gasteiger charge is -2.21. The summed E-state index contributed by atoms with van der Waals surface area (Å²) in [7, 11) is 0. The summed E-state index contributed by atoms with van der Waals surface area (Å²) in [5.41, 5.74) is 5.53. The van der Waals surface area contributed by atoms with Crippen LogP contribution in [-0.2, 0) is 0 Å². The van der Waals surface area contributed by atoms with Crippen molar-refractivity contribution in [3.8, 4) is 0 Å². The molecule has 0 unspecified atom stereocenters. The molecule has 4 aromatic rings. The Kier molecular flexibility index (Phi) is 3.85. The van der Waals surface area contributed by atoms with Gasteiger partial charge in [-0.25, -0.2) is 0 Å². The van der Waals surface area contributed by atoms with Crippen LogP contribution in [0.15, 0.2) is 60.7 Å². The number of hydrogen-bond acceptors (Lipinski definition) is 5. The smallest absolute Gasteiger partial charge is 0.200 e. The van der Waals surface area contributed by atoms with Gasteiger partial charge in [-0.15, -0.1) is 14.8 Å². The molecule has 25 heavy (non-hydrogen) atoms. The topological polar surface area (TPSA) is 68.0 Å². The molecule has 0 aliphatic rings. The molecule has 6 nitrogen and oxygen atoms in total. The Bertz CT molecular complexity index is 1010. The van der Waals surface area contributed by atoms with Crippen LogP contribution in [0.2, 0.25) is 0 Å². The fourth-order valence-electron chi connectivity index (χ4n) is 2.82. The van der Waals surface area contributed by atoms with Crippen LogP contribution in [-0.4, -0.2) is 25.3 Å². The van der Waals surface area contributed by atoms with Crippen LogP contribution in [0.1, 0.15) is 28.3 Å². The number of fused-ring (bicyclic) bond motifs is 1. The van der Waals surface area contributed by atoms with Gasteiger partial charge in [0.15, 0.2) is 5.65 Å². The number of hydrogen-bond donors (Lipinski definition) is 1. The third-order valence-corrected chi connectivity index (χ3v) is 4.36. The molecule has 0 radical (unpaired) electrons. The van der Waals surface area contributed by atoms with E-state index in [0.717, 1.165) is 0 Å². The first-order valence-corrected chi connectivity index (χ1v) is 8.15. The van der Waals surface area contributed by atoms with Crippen molar-refractivity contribution in [2.45, 2.75) is 19.9 Å². The van der Waals surface area contributed by atoms with Crippen LogP contribution in [0.5, 0.6) is 0 Å². The van der Waals surface area contributed by atoms with E-state index >= 15 is 0 Å². The first-order chi connectivity index (χ1) is 12.2. The summed E-state index contributed by atoms with van der Waals surface area (Å²) in [5.74, 6) is 0.715. The minimum atomic E-state index is -0.0121. The lowest BCUT2D eigenvalue weighted by atomic mass is 9.95. The molecule has 2 heterocycles. The van der Waals surface area contributed by atoms with Crippen LogP contribution in [0.3, 0.4) is 0 Å². The molecule has 0 bridgehead atoms. The number of aryl methyl sites for hydroxylation is 2.